The molecule has 4 rings (SSSR count). The summed E-state index contributed by atoms with van der Waals surface area (Å²) in [7, 11) is 0. The average molecular weight is 458 g/mol. The Morgan fingerprint density at radius 1 is 1.22 bits per heavy atom. The van der Waals surface area contributed by atoms with Crippen LogP contribution in [0.2, 0.25) is 5.02 Å². The van der Waals surface area contributed by atoms with Gasteiger partial charge in [-0.05, 0) is 52.2 Å². The number of fused-ring (bicyclic) bond motifs is 1. The van der Waals surface area contributed by atoms with Gasteiger partial charge in [0.25, 0.3) is 0 Å². The highest BCUT2D eigenvalue weighted by molar-refractivity contribution is 6.34. The molecular weight excluding hydrogens is 430 g/mol. The number of hydrogen-bond donors (Lipinski definition) is 0. The Bertz CT molecular complexity index is 1010. The Morgan fingerprint density at radius 3 is 2.59 bits per heavy atom. The average Bonchev–Trinajstić information content (AvgIpc) is 2.73. The fourth-order valence-corrected chi connectivity index (χ4v) is 4.56. The number of aryl methyl sites for hydroxylation is 1. The number of likely N-dealkylation sites (tertiary alicyclic amines) is 1. The number of carbonyl (C=O) groups is 2. The number of carbonyl (C=O) groups excluding carboxylic acids is 2. The Labute approximate surface area is 193 Å². The van der Waals surface area contributed by atoms with E-state index in [1.165, 1.54) is 6.33 Å². The highest BCUT2D eigenvalue weighted by Gasteiger charge is 2.40. The number of urea groups is 1. The van der Waals surface area contributed by atoms with Crippen molar-refractivity contribution < 1.29 is 14.3 Å². The first-order valence-corrected chi connectivity index (χ1v) is 11.2. The zero-order chi connectivity index (χ0) is 23.0. The number of hydrogen-bond acceptors (Lipinski definition) is 5. The zero-order valence-corrected chi connectivity index (χ0v) is 19.6. The molecule has 0 N–H and O–H groups in total. The maximum Gasteiger partial charge on any atom is 0.410 e. The number of piperidine rings is 1. The van der Waals surface area contributed by atoms with Gasteiger partial charge in [0.15, 0.2) is 0 Å². The van der Waals surface area contributed by atoms with E-state index in [2.05, 4.69) is 9.97 Å². The molecule has 32 heavy (non-hydrogen) atoms. The number of nitrogens with zero attached hydrogens (tertiary/aromatic N) is 5. The summed E-state index contributed by atoms with van der Waals surface area (Å²) in [5, 5.41) is 0.526. The highest BCUT2D eigenvalue weighted by atomic mass is 35.5. The van der Waals surface area contributed by atoms with Gasteiger partial charge in [-0.25, -0.2) is 19.6 Å². The van der Waals surface area contributed by atoms with Crippen molar-refractivity contribution in [2.75, 3.05) is 22.9 Å². The van der Waals surface area contributed by atoms with Crippen LogP contribution in [-0.2, 0) is 11.3 Å². The normalized spacial score (nSPS) is 17.4. The van der Waals surface area contributed by atoms with Crippen LogP contribution in [0.15, 0.2) is 30.7 Å². The quantitative estimate of drug-likeness (QED) is 0.648. The number of para-hydroxylation sites is 1. The Morgan fingerprint density at radius 2 is 1.94 bits per heavy atom. The Hall–Kier alpha value is -2.87. The first-order valence-electron chi connectivity index (χ1n) is 10.8. The monoisotopic (exact) mass is 457 g/mol. The van der Waals surface area contributed by atoms with E-state index in [0.717, 1.165) is 11.1 Å². The standard InChI is InChI=1S/C23H28ClN5O3/c1-15-6-5-7-18(24)19(15)28-13-16-12-25-14-26-20(16)29(21(28)30)17-8-10-27(11-9-17)22(31)32-23(2,3)4/h5-7,12,14,17H,8-11,13H2,1-4H3. The molecule has 1 fully saturated rings. The van der Waals surface area contributed by atoms with Crippen molar-refractivity contribution in [1.82, 2.24) is 14.9 Å². The first-order chi connectivity index (χ1) is 15.2. The molecule has 8 nitrogen and oxygen atoms in total. The molecule has 0 saturated carbocycles. The highest BCUT2D eigenvalue weighted by Crippen LogP contribution is 2.37. The SMILES string of the molecule is Cc1cccc(Cl)c1N1Cc2cncnc2N(C2CCN(C(=O)OC(C)(C)C)CC2)C1=O. The Kier molecular flexibility index (Phi) is 5.99. The van der Waals surface area contributed by atoms with Crippen LogP contribution in [0.5, 0.6) is 0 Å². The summed E-state index contributed by atoms with van der Waals surface area (Å²) in [6.07, 6.45) is 4.15. The lowest BCUT2D eigenvalue weighted by Gasteiger charge is -2.43. The molecule has 9 heteroatoms. The largest absolute Gasteiger partial charge is 0.444 e. The smallest absolute Gasteiger partial charge is 0.410 e. The fraction of sp³-hybridized carbons (Fsp3) is 0.478. The fourth-order valence-electron chi connectivity index (χ4n) is 4.24. The molecule has 2 aliphatic heterocycles. The summed E-state index contributed by atoms with van der Waals surface area (Å²) < 4.78 is 5.50. The zero-order valence-electron chi connectivity index (χ0n) is 18.8. The Balaban J connectivity index is 1.59. The summed E-state index contributed by atoms with van der Waals surface area (Å²) in [5.41, 5.74) is 1.94. The minimum atomic E-state index is -0.542. The van der Waals surface area contributed by atoms with Crippen LogP contribution in [0.1, 0.15) is 44.7 Å². The van der Waals surface area contributed by atoms with E-state index in [4.69, 9.17) is 16.3 Å². The van der Waals surface area contributed by atoms with E-state index in [0.29, 0.717) is 49.0 Å². The molecule has 0 bridgehead atoms. The number of benzene rings is 1. The van der Waals surface area contributed by atoms with Gasteiger partial charge in [0, 0.05) is 30.9 Å². The second kappa shape index (κ2) is 8.58. The number of amides is 3. The predicted octanol–water partition coefficient (Wildman–Crippen LogP) is 4.78. The minimum Gasteiger partial charge on any atom is -0.444 e. The molecule has 3 amide bonds. The van der Waals surface area contributed by atoms with E-state index >= 15 is 0 Å². The molecule has 0 radical (unpaired) electrons. The number of anilines is 2. The number of aromatic nitrogens is 2. The third kappa shape index (κ3) is 4.37. The van der Waals surface area contributed by atoms with Crippen LogP contribution in [-0.4, -0.2) is 51.7 Å². The molecule has 2 aliphatic rings. The van der Waals surface area contributed by atoms with Crippen LogP contribution in [0.4, 0.5) is 21.1 Å². The van der Waals surface area contributed by atoms with E-state index in [1.807, 2.05) is 39.8 Å². The maximum atomic E-state index is 13.7. The van der Waals surface area contributed by atoms with Gasteiger partial charge in [0.2, 0.25) is 0 Å². The molecule has 0 spiro atoms. The van der Waals surface area contributed by atoms with Crippen molar-refractivity contribution in [3.63, 3.8) is 0 Å². The first kappa shape index (κ1) is 22.3. The molecule has 1 saturated heterocycles. The van der Waals surface area contributed by atoms with E-state index in [1.54, 1.807) is 27.0 Å². The summed E-state index contributed by atoms with van der Waals surface area (Å²) in [6, 6.07) is 5.34. The van der Waals surface area contributed by atoms with Gasteiger partial charge in [-0.2, -0.15) is 0 Å². The second-order valence-corrected chi connectivity index (χ2v) is 9.62. The van der Waals surface area contributed by atoms with Crippen LogP contribution in [0, 0.1) is 6.92 Å². The van der Waals surface area contributed by atoms with Gasteiger partial charge in [0.05, 0.1) is 17.3 Å². The van der Waals surface area contributed by atoms with Gasteiger partial charge in [-0.3, -0.25) is 9.80 Å². The molecule has 0 aliphatic carbocycles. The van der Waals surface area contributed by atoms with Gasteiger partial charge >= 0.3 is 12.1 Å². The van der Waals surface area contributed by atoms with Gasteiger partial charge in [-0.1, -0.05) is 23.7 Å². The summed E-state index contributed by atoms with van der Waals surface area (Å²) in [4.78, 5) is 39.9. The van der Waals surface area contributed by atoms with Crippen LogP contribution in [0.25, 0.3) is 0 Å². The molecule has 1 aromatic heterocycles. The van der Waals surface area contributed by atoms with Gasteiger partial charge in [0.1, 0.15) is 17.7 Å². The number of halogens is 1. The van der Waals surface area contributed by atoms with Crippen LogP contribution >= 0.6 is 11.6 Å². The molecule has 0 atom stereocenters. The van der Waals surface area contributed by atoms with Crippen molar-refractivity contribution >= 4 is 35.2 Å². The van der Waals surface area contributed by atoms with E-state index in [9.17, 15) is 9.59 Å². The van der Waals surface area contributed by atoms with Crippen molar-refractivity contribution in [2.24, 2.45) is 0 Å². The number of ether oxygens (including phenoxy) is 1. The second-order valence-electron chi connectivity index (χ2n) is 9.21. The molecule has 2 aromatic rings. The van der Waals surface area contributed by atoms with Gasteiger partial charge < -0.3 is 9.64 Å². The minimum absolute atomic E-state index is 0.0968. The summed E-state index contributed by atoms with van der Waals surface area (Å²) in [6.45, 7) is 8.87. The van der Waals surface area contributed by atoms with E-state index in [-0.39, 0.29) is 18.2 Å². The predicted molar refractivity (Wildman–Crippen MR) is 123 cm³/mol. The van der Waals surface area contributed by atoms with Crippen molar-refractivity contribution in [2.45, 2.75) is 58.7 Å². The third-order valence-corrected chi connectivity index (χ3v) is 6.00. The van der Waals surface area contributed by atoms with Crippen molar-refractivity contribution in [1.29, 1.82) is 0 Å². The molecule has 170 valence electrons. The lowest BCUT2D eigenvalue weighted by Crippen LogP contribution is -2.56. The van der Waals surface area contributed by atoms with Crippen LogP contribution in [0.3, 0.4) is 0 Å². The molecule has 0 unspecified atom stereocenters. The van der Waals surface area contributed by atoms with Crippen molar-refractivity contribution in [3.8, 4) is 0 Å². The maximum absolute atomic E-state index is 13.7. The van der Waals surface area contributed by atoms with E-state index < -0.39 is 5.60 Å². The number of rotatable bonds is 2. The topological polar surface area (TPSA) is 78.9 Å². The summed E-state index contributed by atoms with van der Waals surface area (Å²) in [5.74, 6) is 0.627. The van der Waals surface area contributed by atoms with Gasteiger partial charge in [-0.15, -0.1) is 0 Å². The van der Waals surface area contributed by atoms with Crippen molar-refractivity contribution in [3.05, 3.63) is 46.9 Å². The van der Waals surface area contributed by atoms with Crippen LogP contribution < -0.4 is 9.80 Å². The molecule has 1 aromatic carbocycles. The lowest BCUT2D eigenvalue weighted by atomic mass is 10.0. The molecular formula is C23H28ClN5O3. The molecule has 3 heterocycles. The lowest BCUT2D eigenvalue weighted by molar-refractivity contribution is 0.0206. The summed E-state index contributed by atoms with van der Waals surface area (Å²) >= 11 is 6.49. The third-order valence-electron chi connectivity index (χ3n) is 5.70.